The number of benzene rings is 2. The van der Waals surface area contributed by atoms with Gasteiger partial charge in [0.15, 0.2) is 5.78 Å². The first-order valence-electron chi connectivity index (χ1n) is 11.9. The number of ketones is 1. The summed E-state index contributed by atoms with van der Waals surface area (Å²) < 4.78 is 13.8. The number of Topliss-reactive ketones (excluding diaryl/α,β-unsaturated/α-hetero) is 1. The second kappa shape index (κ2) is 11.4. The molecule has 1 fully saturated rings. The number of nitrogens with zero attached hydrogens (tertiary/aromatic N) is 1. The summed E-state index contributed by atoms with van der Waals surface area (Å²) in [6, 6.07) is 15.2. The van der Waals surface area contributed by atoms with E-state index in [1.807, 2.05) is 17.5 Å². The van der Waals surface area contributed by atoms with E-state index >= 15 is 0 Å². The van der Waals surface area contributed by atoms with Crippen molar-refractivity contribution in [2.45, 2.75) is 57.5 Å². The first-order chi connectivity index (χ1) is 16.9. The van der Waals surface area contributed by atoms with Gasteiger partial charge in [-0.05, 0) is 61.0 Å². The summed E-state index contributed by atoms with van der Waals surface area (Å²) in [4.78, 5) is 42.0. The van der Waals surface area contributed by atoms with Gasteiger partial charge in [-0.25, -0.2) is 4.39 Å². The molecule has 1 saturated carbocycles. The molecular weight excluding hydrogens is 463 g/mol. The molecule has 1 aliphatic carbocycles. The predicted molar refractivity (Wildman–Crippen MR) is 136 cm³/mol. The number of carbonyl (C=O) groups excluding carboxylic acids is 3. The van der Waals surface area contributed by atoms with E-state index in [4.69, 9.17) is 0 Å². The Morgan fingerprint density at radius 3 is 2.43 bits per heavy atom. The number of hydrogen-bond acceptors (Lipinski definition) is 4. The Hall–Kier alpha value is -3.32. The number of hydrogen-bond donors (Lipinski definition) is 1. The van der Waals surface area contributed by atoms with E-state index in [2.05, 4.69) is 5.32 Å². The SMILES string of the molecule is CC(=O)c1cccc(N(C(=O)Cc2cccs2)C(C(=O)NC2CCCCC2)c2ccc(F)cc2)c1. The van der Waals surface area contributed by atoms with Gasteiger partial charge in [0.1, 0.15) is 11.9 Å². The topological polar surface area (TPSA) is 66.5 Å². The molecule has 5 nitrogen and oxygen atoms in total. The van der Waals surface area contributed by atoms with Crippen LogP contribution < -0.4 is 10.2 Å². The summed E-state index contributed by atoms with van der Waals surface area (Å²) >= 11 is 1.47. The van der Waals surface area contributed by atoms with Crippen LogP contribution in [0, 0.1) is 5.82 Å². The zero-order valence-corrected chi connectivity index (χ0v) is 20.5. The fourth-order valence-electron chi connectivity index (χ4n) is 4.55. The minimum atomic E-state index is -1.01. The molecular formula is C28H29FN2O3S. The fourth-order valence-corrected chi connectivity index (χ4v) is 5.24. The Morgan fingerprint density at radius 1 is 1.03 bits per heavy atom. The molecule has 0 bridgehead atoms. The lowest BCUT2D eigenvalue weighted by Crippen LogP contribution is -2.47. The van der Waals surface area contributed by atoms with Crippen molar-refractivity contribution in [3.05, 3.63) is 87.9 Å². The highest BCUT2D eigenvalue weighted by Crippen LogP contribution is 2.31. The lowest BCUT2D eigenvalue weighted by atomic mass is 9.94. The van der Waals surface area contributed by atoms with Crippen molar-refractivity contribution < 1.29 is 18.8 Å². The van der Waals surface area contributed by atoms with Crippen LogP contribution in [0.15, 0.2) is 66.0 Å². The summed E-state index contributed by atoms with van der Waals surface area (Å²) in [7, 11) is 0. The van der Waals surface area contributed by atoms with Crippen molar-refractivity contribution >= 4 is 34.6 Å². The molecule has 0 spiro atoms. The summed E-state index contributed by atoms with van der Waals surface area (Å²) in [5.74, 6) is -1.14. The highest BCUT2D eigenvalue weighted by molar-refractivity contribution is 7.10. The highest BCUT2D eigenvalue weighted by atomic mass is 32.1. The Labute approximate surface area is 209 Å². The Bertz CT molecular complexity index is 1170. The Kier molecular flexibility index (Phi) is 8.08. The molecule has 2 aromatic carbocycles. The van der Waals surface area contributed by atoms with Crippen LogP contribution in [0.3, 0.4) is 0 Å². The van der Waals surface area contributed by atoms with Crippen molar-refractivity contribution in [2.24, 2.45) is 0 Å². The molecule has 1 N–H and O–H groups in total. The lowest BCUT2D eigenvalue weighted by molar-refractivity contribution is -0.127. The molecule has 35 heavy (non-hydrogen) atoms. The summed E-state index contributed by atoms with van der Waals surface area (Å²) in [6.45, 7) is 1.46. The van der Waals surface area contributed by atoms with E-state index in [1.54, 1.807) is 36.4 Å². The minimum Gasteiger partial charge on any atom is -0.351 e. The van der Waals surface area contributed by atoms with Crippen LogP contribution in [0.5, 0.6) is 0 Å². The van der Waals surface area contributed by atoms with Crippen LogP contribution in [0.1, 0.15) is 65.9 Å². The zero-order valence-electron chi connectivity index (χ0n) is 19.7. The van der Waals surface area contributed by atoms with Crippen molar-refractivity contribution in [3.63, 3.8) is 0 Å². The lowest BCUT2D eigenvalue weighted by Gasteiger charge is -2.33. The minimum absolute atomic E-state index is 0.0389. The molecule has 182 valence electrons. The van der Waals surface area contributed by atoms with Crippen molar-refractivity contribution in [1.82, 2.24) is 5.32 Å². The summed E-state index contributed by atoms with van der Waals surface area (Å²) in [5, 5.41) is 5.04. The standard InChI is InChI=1S/C28H29FN2O3S/c1-19(32)21-7-5-10-24(17-21)31(26(33)18-25-11-6-16-35-25)27(20-12-14-22(29)15-13-20)28(34)30-23-8-3-2-4-9-23/h5-7,10-17,23,27H,2-4,8-9,18H2,1H3,(H,30,34). The maximum absolute atomic E-state index is 13.8. The summed E-state index contributed by atoms with van der Waals surface area (Å²) in [6.07, 6.45) is 5.14. The predicted octanol–water partition coefficient (Wildman–Crippen LogP) is 5.86. The van der Waals surface area contributed by atoms with E-state index in [0.717, 1.165) is 37.0 Å². The van der Waals surface area contributed by atoms with Crippen LogP contribution >= 0.6 is 11.3 Å². The molecule has 1 aliphatic rings. The fraction of sp³-hybridized carbons (Fsp3) is 0.321. The summed E-state index contributed by atoms with van der Waals surface area (Å²) in [5.41, 5.74) is 1.40. The molecule has 1 heterocycles. The monoisotopic (exact) mass is 492 g/mol. The van der Waals surface area contributed by atoms with Gasteiger partial charge >= 0.3 is 0 Å². The van der Waals surface area contributed by atoms with Crippen molar-refractivity contribution in [3.8, 4) is 0 Å². The molecule has 0 saturated heterocycles. The highest BCUT2D eigenvalue weighted by Gasteiger charge is 2.34. The van der Waals surface area contributed by atoms with Crippen molar-refractivity contribution in [1.29, 1.82) is 0 Å². The van der Waals surface area contributed by atoms with Crippen LogP contribution in [0.2, 0.25) is 0 Å². The van der Waals surface area contributed by atoms with Gasteiger partial charge in [-0.15, -0.1) is 11.3 Å². The van der Waals surface area contributed by atoms with Gasteiger partial charge in [0.2, 0.25) is 11.8 Å². The maximum Gasteiger partial charge on any atom is 0.248 e. The van der Waals surface area contributed by atoms with E-state index in [0.29, 0.717) is 16.8 Å². The van der Waals surface area contributed by atoms with Gasteiger partial charge in [-0.2, -0.15) is 0 Å². The van der Waals surface area contributed by atoms with Crippen LogP contribution in [0.25, 0.3) is 0 Å². The van der Waals surface area contributed by atoms with E-state index < -0.39 is 11.9 Å². The zero-order chi connectivity index (χ0) is 24.8. The average Bonchev–Trinajstić information content (AvgIpc) is 3.36. The van der Waals surface area contributed by atoms with Gasteiger partial charge in [0.05, 0.1) is 6.42 Å². The number of amides is 2. The van der Waals surface area contributed by atoms with Crippen LogP contribution in [-0.4, -0.2) is 23.6 Å². The smallest absolute Gasteiger partial charge is 0.248 e. The first-order valence-corrected chi connectivity index (χ1v) is 12.8. The van der Waals surface area contributed by atoms with E-state index in [1.165, 1.54) is 35.3 Å². The molecule has 1 atom stereocenters. The van der Waals surface area contributed by atoms with Gasteiger partial charge in [-0.1, -0.05) is 49.6 Å². The van der Waals surface area contributed by atoms with E-state index in [9.17, 15) is 18.8 Å². The van der Waals surface area contributed by atoms with E-state index in [-0.39, 0.29) is 30.1 Å². The third kappa shape index (κ3) is 6.22. The number of rotatable bonds is 8. The molecule has 3 aromatic rings. The normalized spacial score (nSPS) is 14.8. The quantitative estimate of drug-likeness (QED) is 0.401. The number of thiophene rings is 1. The number of nitrogens with one attached hydrogen (secondary N) is 1. The van der Waals surface area contributed by atoms with Gasteiger partial charge < -0.3 is 5.32 Å². The molecule has 7 heteroatoms. The van der Waals surface area contributed by atoms with Crippen molar-refractivity contribution in [2.75, 3.05) is 4.90 Å². The average molecular weight is 493 g/mol. The third-order valence-corrected chi connectivity index (χ3v) is 7.23. The second-order valence-corrected chi connectivity index (χ2v) is 9.96. The molecule has 1 unspecified atom stereocenters. The molecule has 1 aromatic heterocycles. The number of carbonyl (C=O) groups is 3. The first kappa shape index (κ1) is 24.8. The molecule has 0 radical (unpaired) electrons. The van der Waals surface area contributed by atoms with Gasteiger partial charge in [-0.3, -0.25) is 19.3 Å². The molecule has 2 amide bonds. The van der Waals surface area contributed by atoms with Crippen LogP contribution in [-0.2, 0) is 16.0 Å². The number of anilines is 1. The second-order valence-electron chi connectivity index (χ2n) is 8.92. The third-order valence-electron chi connectivity index (χ3n) is 6.35. The molecule has 0 aliphatic heterocycles. The molecule has 4 rings (SSSR count). The Morgan fingerprint density at radius 2 is 1.77 bits per heavy atom. The van der Waals surface area contributed by atoms with Gasteiger partial charge in [0.25, 0.3) is 0 Å². The number of halogens is 1. The van der Waals surface area contributed by atoms with Crippen LogP contribution in [0.4, 0.5) is 10.1 Å². The van der Waals surface area contributed by atoms with Gasteiger partial charge in [0, 0.05) is 22.2 Å². The largest absolute Gasteiger partial charge is 0.351 e. The maximum atomic E-state index is 13.8. The Balaban J connectivity index is 1.78.